The molecule has 0 atom stereocenters. The van der Waals surface area contributed by atoms with E-state index >= 15 is 0 Å². The van der Waals surface area contributed by atoms with Crippen LogP contribution in [0, 0.1) is 5.92 Å². The van der Waals surface area contributed by atoms with Crippen LogP contribution >= 0.6 is 11.3 Å². The molecule has 2 aliphatic heterocycles. The average molecular weight is 364 g/mol. The number of amides is 2. The molecule has 0 N–H and O–H groups in total. The average Bonchev–Trinajstić information content (AvgIpc) is 3.21. The molecule has 0 unspecified atom stereocenters. The van der Waals surface area contributed by atoms with Crippen molar-refractivity contribution < 1.29 is 19.1 Å². The van der Waals surface area contributed by atoms with Gasteiger partial charge < -0.3 is 14.5 Å². The van der Waals surface area contributed by atoms with Crippen LogP contribution in [0.15, 0.2) is 17.5 Å². The van der Waals surface area contributed by atoms with E-state index in [0.717, 1.165) is 0 Å². The predicted octanol–water partition coefficient (Wildman–Crippen LogP) is 1.81. The first-order valence-electron chi connectivity index (χ1n) is 8.86. The summed E-state index contributed by atoms with van der Waals surface area (Å²) in [4.78, 5) is 41.2. The first-order chi connectivity index (χ1) is 12.1. The van der Waals surface area contributed by atoms with E-state index < -0.39 is 0 Å². The number of carbonyl (C=O) groups excluding carboxylic acids is 3. The highest BCUT2D eigenvalue weighted by atomic mass is 32.1. The maximum absolute atomic E-state index is 12.5. The van der Waals surface area contributed by atoms with Gasteiger partial charge >= 0.3 is 0 Å². The summed E-state index contributed by atoms with van der Waals surface area (Å²) in [6.45, 7) is 3.77. The lowest BCUT2D eigenvalue weighted by Gasteiger charge is -2.35. The van der Waals surface area contributed by atoms with E-state index in [4.69, 9.17) is 4.74 Å². The molecule has 2 fully saturated rings. The van der Waals surface area contributed by atoms with Crippen LogP contribution in [0.25, 0.3) is 0 Å². The number of likely N-dealkylation sites (tertiary alicyclic amines) is 1. The smallest absolute Gasteiger partial charge is 0.225 e. The van der Waals surface area contributed by atoms with Crippen molar-refractivity contribution in [2.75, 3.05) is 39.4 Å². The van der Waals surface area contributed by atoms with Gasteiger partial charge in [-0.2, -0.15) is 0 Å². The third-order valence-corrected chi connectivity index (χ3v) is 5.79. The number of hydrogen-bond acceptors (Lipinski definition) is 5. The van der Waals surface area contributed by atoms with Crippen LogP contribution in [-0.2, 0) is 14.3 Å². The van der Waals surface area contributed by atoms with Crippen LogP contribution in [0.5, 0.6) is 0 Å². The third kappa shape index (κ3) is 4.67. The molecule has 0 spiro atoms. The van der Waals surface area contributed by atoms with Gasteiger partial charge in [0, 0.05) is 44.9 Å². The van der Waals surface area contributed by atoms with E-state index in [-0.39, 0.29) is 36.4 Å². The van der Waals surface area contributed by atoms with Crippen LogP contribution in [0.1, 0.15) is 35.4 Å². The Morgan fingerprint density at radius 3 is 2.40 bits per heavy atom. The summed E-state index contributed by atoms with van der Waals surface area (Å²) < 4.78 is 5.29. The molecule has 0 aromatic carbocycles. The SMILES string of the molecule is O=C(CCC(=O)N1CCC(C(=O)N2CCOCC2)CC1)c1cccs1. The number of piperidine rings is 1. The largest absolute Gasteiger partial charge is 0.378 e. The number of ketones is 1. The van der Waals surface area contributed by atoms with E-state index in [1.165, 1.54) is 11.3 Å². The summed E-state index contributed by atoms with van der Waals surface area (Å²) in [5.74, 6) is 0.251. The van der Waals surface area contributed by atoms with Crippen molar-refractivity contribution in [1.82, 2.24) is 9.80 Å². The minimum absolute atomic E-state index is 0.00917. The highest BCUT2D eigenvalue weighted by molar-refractivity contribution is 7.12. The highest BCUT2D eigenvalue weighted by Crippen LogP contribution is 2.21. The Labute approximate surface area is 151 Å². The van der Waals surface area contributed by atoms with Crippen molar-refractivity contribution in [2.45, 2.75) is 25.7 Å². The third-order valence-electron chi connectivity index (χ3n) is 4.88. The Balaban J connectivity index is 1.41. The number of thiophene rings is 1. The standard InChI is InChI=1S/C18H24N2O4S/c21-15(16-2-1-13-25-16)3-4-17(22)19-7-5-14(6-8-19)18(23)20-9-11-24-12-10-20/h1-2,13-14H,3-12H2. The van der Waals surface area contributed by atoms with Crippen LogP contribution in [0.4, 0.5) is 0 Å². The van der Waals surface area contributed by atoms with Gasteiger partial charge in [0.1, 0.15) is 0 Å². The zero-order chi connectivity index (χ0) is 17.6. The summed E-state index contributed by atoms with van der Waals surface area (Å²) in [5, 5.41) is 1.87. The Kier molecular flexibility index (Phi) is 6.20. The minimum atomic E-state index is 0.00917. The maximum Gasteiger partial charge on any atom is 0.225 e. The highest BCUT2D eigenvalue weighted by Gasteiger charge is 2.30. The fourth-order valence-corrected chi connectivity index (χ4v) is 4.05. The van der Waals surface area contributed by atoms with Crippen molar-refractivity contribution >= 4 is 28.9 Å². The number of carbonyl (C=O) groups is 3. The molecule has 0 bridgehead atoms. The van der Waals surface area contributed by atoms with Gasteiger partial charge in [-0.3, -0.25) is 14.4 Å². The Bertz CT molecular complexity index is 603. The summed E-state index contributed by atoms with van der Waals surface area (Å²) in [5.41, 5.74) is 0. The quantitative estimate of drug-likeness (QED) is 0.748. The van der Waals surface area contributed by atoms with Gasteiger partial charge in [-0.15, -0.1) is 11.3 Å². The molecular weight excluding hydrogens is 340 g/mol. The van der Waals surface area contributed by atoms with E-state index in [9.17, 15) is 14.4 Å². The van der Waals surface area contributed by atoms with E-state index in [1.54, 1.807) is 11.0 Å². The molecule has 7 heteroatoms. The van der Waals surface area contributed by atoms with Gasteiger partial charge in [0.15, 0.2) is 5.78 Å². The molecule has 2 saturated heterocycles. The second kappa shape index (κ2) is 8.58. The van der Waals surface area contributed by atoms with Crippen LogP contribution in [0.2, 0.25) is 0 Å². The molecule has 136 valence electrons. The zero-order valence-corrected chi connectivity index (χ0v) is 15.1. The molecule has 2 aliphatic rings. The molecule has 6 nitrogen and oxygen atoms in total. The topological polar surface area (TPSA) is 66.9 Å². The van der Waals surface area contributed by atoms with Crippen molar-refractivity contribution in [1.29, 1.82) is 0 Å². The number of hydrogen-bond donors (Lipinski definition) is 0. The van der Waals surface area contributed by atoms with Gasteiger partial charge in [-0.25, -0.2) is 0 Å². The zero-order valence-electron chi connectivity index (χ0n) is 14.3. The van der Waals surface area contributed by atoms with Crippen molar-refractivity contribution in [3.63, 3.8) is 0 Å². The molecule has 25 heavy (non-hydrogen) atoms. The summed E-state index contributed by atoms with van der Waals surface area (Å²) in [7, 11) is 0. The molecule has 0 aliphatic carbocycles. The number of rotatable bonds is 5. The molecule has 0 radical (unpaired) electrons. The molecule has 3 heterocycles. The van der Waals surface area contributed by atoms with Crippen molar-refractivity contribution in [2.24, 2.45) is 5.92 Å². The molecule has 2 amide bonds. The normalized spacial score (nSPS) is 19.0. The predicted molar refractivity (Wildman–Crippen MR) is 94.6 cm³/mol. The van der Waals surface area contributed by atoms with Crippen LogP contribution in [0.3, 0.4) is 0 Å². The second-order valence-electron chi connectivity index (χ2n) is 6.49. The van der Waals surface area contributed by atoms with Gasteiger partial charge in [0.25, 0.3) is 0 Å². The fourth-order valence-electron chi connectivity index (χ4n) is 3.36. The van der Waals surface area contributed by atoms with Gasteiger partial charge in [-0.05, 0) is 24.3 Å². The van der Waals surface area contributed by atoms with E-state index in [2.05, 4.69) is 0 Å². The summed E-state index contributed by atoms with van der Waals surface area (Å²) >= 11 is 1.41. The molecule has 0 saturated carbocycles. The first kappa shape index (κ1) is 18.1. The lowest BCUT2D eigenvalue weighted by Crippen LogP contribution is -2.47. The number of Topliss-reactive ketones (excluding diaryl/α,β-unsaturated/α-hetero) is 1. The number of ether oxygens (including phenoxy) is 1. The van der Waals surface area contributed by atoms with E-state index in [0.29, 0.717) is 57.1 Å². The van der Waals surface area contributed by atoms with Gasteiger partial charge in [-0.1, -0.05) is 6.07 Å². The monoisotopic (exact) mass is 364 g/mol. The summed E-state index contributed by atoms with van der Waals surface area (Å²) in [6.07, 6.45) is 1.92. The molecule has 1 aromatic rings. The minimum Gasteiger partial charge on any atom is -0.378 e. The Hall–Kier alpha value is -1.73. The molecule has 3 rings (SSSR count). The van der Waals surface area contributed by atoms with Gasteiger partial charge in [0.05, 0.1) is 18.1 Å². The molecule has 1 aromatic heterocycles. The number of nitrogens with zero attached hydrogens (tertiary/aromatic N) is 2. The Morgan fingerprint density at radius 2 is 1.76 bits per heavy atom. The van der Waals surface area contributed by atoms with Crippen molar-refractivity contribution in [3.05, 3.63) is 22.4 Å². The van der Waals surface area contributed by atoms with Gasteiger partial charge in [0.2, 0.25) is 11.8 Å². The first-order valence-corrected chi connectivity index (χ1v) is 9.74. The lowest BCUT2D eigenvalue weighted by molar-refractivity contribution is -0.143. The number of morpholine rings is 1. The maximum atomic E-state index is 12.5. The Morgan fingerprint density at radius 1 is 1.04 bits per heavy atom. The fraction of sp³-hybridized carbons (Fsp3) is 0.611. The van der Waals surface area contributed by atoms with Crippen LogP contribution < -0.4 is 0 Å². The molecular formula is C18H24N2O4S. The lowest BCUT2D eigenvalue weighted by atomic mass is 9.94. The second-order valence-corrected chi connectivity index (χ2v) is 7.44. The summed E-state index contributed by atoms with van der Waals surface area (Å²) in [6, 6.07) is 3.64. The van der Waals surface area contributed by atoms with E-state index in [1.807, 2.05) is 16.3 Å². The van der Waals surface area contributed by atoms with Crippen molar-refractivity contribution in [3.8, 4) is 0 Å². The van der Waals surface area contributed by atoms with Crippen LogP contribution in [-0.4, -0.2) is 66.8 Å².